The van der Waals surface area contributed by atoms with Crippen LogP contribution in [0.3, 0.4) is 0 Å². The van der Waals surface area contributed by atoms with Crippen LogP contribution in [0.4, 0.5) is 0 Å². The Labute approximate surface area is 228 Å². The van der Waals surface area contributed by atoms with Crippen LogP contribution in [-0.2, 0) is 32.0 Å². The summed E-state index contributed by atoms with van der Waals surface area (Å²) in [5, 5.41) is 30.7. The maximum Gasteiger partial charge on any atom is 0.326 e. The minimum Gasteiger partial charge on any atom is -0.508 e. The molecule has 10 heteroatoms. The smallest absolute Gasteiger partial charge is 0.326 e. The van der Waals surface area contributed by atoms with Crippen molar-refractivity contribution < 1.29 is 29.4 Å². The van der Waals surface area contributed by atoms with Gasteiger partial charge >= 0.3 is 5.97 Å². The van der Waals surface area contributed by atoms with Gasteiger partial charge in [0.15, 0.2) is 0 Å². The van der Waals surface area contributed by atoms with Gasteiger partial charge in [-0.1, -0.05) is 62.7 Å². The van der Waals surface area contributed by atoms with Crippen LogP contribution in [0.25, 0.3) is 0 Å². The summed E-state index contributed by atoms with van der Waals surface area (Å²) in [6, 6.07) is 11.6. The number of aliphatic carboxylic acids is 1. The zero-order valence-corrected chi connectivity index (χ0v) is 22.4. The SMILES string of the molecule is CCC(C)C(NC(=O)C1CCCN1)C(=O)NC(Cc1ccc(O)cc1)C(=O)NC(Cc1ccccc1)C(=O)O. The summed E-state index contributed by atoms with van der Waals surface area (Å²) < 4.78 is 0. The monoisotopic (exact) mass is 538 g/mol. The summed E-state index contributed by atoms with van der Waals surface area (Å²) in [5.74, 6) is -2.80. The standard InChI is InChI=1S/C29H38N4O6/c1-3-18(2)25(33-26(35)22-10-7-15-30-22)28(37)31-23(16-20-11-13-21(34)14-12-20)27(36)32-24(29(38)39)17-19-8-5-4-6-9-19/h4-6,8-9,11-14,18,22-25,30,34H,3,7,10,15-17H2,1-2H3,(H,31,37)(H,32,36)(H,33,35)(H,38,39). The van der Waals surface area contributed by atoms with Gasteiger partial charge in [0, 0.05) is 12.8 Å². The van der Waals surface area contributed by atoms with Gasteiger partial charge in [-0.3, -0.25) is 14.4 Å². The van der Waals surface area contributed by atoms with Crippen molar-refractivity contribution in [1.29, 1.82) is 0 Å². The molecular weight excluding hydrogens is 500 g/mol. The Kier molecular flexibility index (Phi) is 10.9. The maximum absolute atomic E-state index is 13.5. The molecule has 10 nitrogen and oxygen atoms in total. The molecule has 1 aliphatic heterocycles. The van der Waals surface area contributed by atoms with E-state index in [0.29, 0.717) is 18.4 Å². The van der Waals surface area contributed by atoms with Crippen LogP contribution in [0.1, 0.15) is 44.2 Å². The van der Waals surface area contributed by atoms with E-state index < -0.39 is 35.9 Å². The van der Waals surface area contributed by atoms with E-state index in [1.165, 1.54) is 12.1 Å². The van der Waals surface area contributed by atoms with Crippen LogP contribution in [0.2, 0.25) is 0 Å². The molecular formula is C29H38N4O6. The van der Waals surface area contributed by atoms with E-state index in [0.717, 1.165) is 18.5 Å². The molecule has 1 fully saturated rings. The predicted molar refractivity (Wildman–Crippen MR) is 146 cm³/mol. The lowest BCUT2D eigenvalue weighted by Crippen LogP contribution is -2.59. The van der Waals surface area contributed by atoms with Crippen molar-refractivity contribution in [3.8, 4) is 5.75 Å². The molecule has 3 rings (SSSR count). The quantitative estimate of drug-likeness (QED) is 0.226. The lowest BCUT2D eigenvalue weighted by Gasteiger charge is -2.28. The molecule has 0 saturated carbocycles. The number of hydrogen-bond donors (Lipinski definition) is 6. The van der Waals surface area contributed by atoms with Gasteiger partial charge in [0.1, 0.15) is 23.9 Å². The van der Waals surface area contributed by atoms with E-state index in [9.17, 15) is 29.4 Å². The molecule has 2 aromatic carbocycles. The maximum atomic E-state index is 13.5. The zero-order valence-electron chi connectivity index (χ0n) is 22.4. The van der Waals surface area contributed by atoms with Crippen molar-refractivity contribution in [2.24, 2.45) is 5.92 Å². The normalized spacial score (nSPS) is 17.8. The van der Waals surface area contributed by atoms with E-state index >= 15 is 0 Å². The molecule has 6 N–H and O–H groups in total. The van der Waals surface area contributed by atoms with Gasteiger partial charge in [-0.25, -0.2) is 4.79 Å². The minimum atomic E-state index is -1.21. The predicted octanol–water partition coefficient (Wildman–Crippen LogP) is 1.51. The Balaban J connectivity index is 1.79. The van der Waals surface area contributed by atoms with E-state index in [1.807, 2.05) is 19.9 Å². The van der Waals surface area contributed by atoms with Crippen LogP contribution < -0.4 is 21.3 Å². The number of nitrogens with one attached hydrogen (secondary N) is 4. The van der Waals surface area contributed by atoms with E-state index in [1.54, 1.807) is 36.4 Å². The average molecular weight is 539 g/mol. The Morgan fingerprint density at radius 1 is 0.897 bits per heavy atom. The first-order valence-electron chi connectivity index (χ1n) is 13.4. The van der Waals surface area contributed by atoms with Crippen molar-refractivity contribution in [2.45, 2.75) is 70.1 Å². The Bertz CT molecular complexity index is 1120. The molecule has 0 bridgehead atoms. The Morgan fingerprint density at radius 3 is 2.10 bits per heavy atom. The molecule has 1 aliphatic rings. The van der Waals surface area contributed by atoms with Crippen LogP contribution >= 0.6 is 0 Å². The molecule has 0 aromatic heterocycles. The number of aromatic hydroxyl groups is 1. The zero-order chi connectivity index (χ0) is 28.4. The molecule has 0 spiro atoms. The van der Waals surface area contributed by atoms with Gasteiger partial charge in [-0.2, -0.15) is 0 Å². The summed E-state index contributed by atoms with van der Waals surface area (Å²) in [6.45, 7) is 4.50. The number of phenols is 1. The van der Waals surface area contributed by atoms with Gasteiger partial charge in [-0.05, 0) is 48.6 Å². The number of carboxylic acid groups (broad SMARTS) is 1. The molecule has 39 heavy (non-hydrogen) atoms. The van der Waals surface area contributed by atoms with Gasteiger partial charge < -0.3 is 31.5 Å². The summed E-state index contributed by atoms with van der Waals surface area (Å²) in [7, 11) is 0. The number of rotatable bonds is 13. The van der Waals surface area contributed by atoms with E-state index in [2.05, 4.69) is 21.3 Å². The second kappa shape index (κ2) is 14.3. The third-order valence-electron chi connectivity index (χ3n) is 7.08. The fourth-order valence-electron chi connectivity index (χ4n) is 4.52. The lowest BCUT2D eigenvalue weighted by molar-refractivity contribution is -0.142. The highest BCUT2D eigenvalue weighted by Gasteiger charge is 2.33. The van der Waals surface area contributed by atoms with Crippen molar-refractivity contribution in [2.75, 3.05) is 6.54 Å². The van der Waals surface area contributed by atoms with Crippen molar-refractivity contribution in [3.05, 3.63) is 65.7 Å². The van der Waals surface area contributed by atoms with Gasteiger partial charge in [0.05, 0.1) is 6.04 Å². The van der Waals surface area contributed by atoms with Crippen LogP contribution in [0.5, 0.6) is 5.75 Å². The third kappa shape index (κ3) is 8.81. The van der Waals surface area contributed by atoms with Crippen molar-refractivity contribution >= 4 is 23.7 Å². The summed E-state index contributed by atoms with van der Waals surface area (Å²) in [4.78, 5) is 51.7. The Morgan fingerprint density at radius 2 is 1.51 bits per heavy atom. The third-order valence-corrected chi connectivity index (χ3v) is 7.08. The molecule has 2 aromatic rings. The molecule has 1 heterocycles. The van der Waals surface area contributed by atoms with Gasteiger partial charge in [0.25, 0.3) is 0 Å². The number of carbonyl (C=O) groups excluding carboxylic acids is 3. The average Bonchev–Trinajstić information content (AvgIpc) is 3.47. The van der Waals surface area contributed by atoms with Crippen LogP contribution in [0.15, 0.2) is 54.6 Å². The largest absolute Gasteiger partial charge is 0.508 e. The topological polar surface area (TPSA) is 157 Å². The fraction of sp³-hybridized carbons (Fsp3) is 0.448. The van der Waals surface area contributed by atoms with Crippen LogP contribution in [0, 0.1) is 5.92 Å². The highest BCUT2D eigenvalue weighted by atomic mass is 16.4. The lowest BCUT2D eigenvalue weighted by atomic mass is 9.96. The molecule has 1 saturated heterocycles. The second-order valence-electron chi connectivity index (χ2n) is 10.0. The molecule has 3 amide bonds. The summed E-state index contributed by atoms with van der Waals surface area (Å²) >= 11 is 0. The molecule has 210 valence electrons. The van der Waals surface area contributed by atoms with E-state index in [4.69, 9.17) is 0 Å². The van der Waals surface area contributed by atoms with Gasteiger partial charge in [0.2, 0.25) is 17.7 Å². The number of carboxylic acids is 1. The number of amides is 3. The van der Waals surface area contributed by atoms with Gasteiger partial charge in [-0.15, -0.1) is 0 Å². The highest BCUT2D eigenvalue weighted by molar-refractivity contribution is 5.94. The number of phenolic OH excluding ortho intramolecular Hbond substituents is 1. The first-order valence-corrected chi connectivity index (χ1v) is 13.4. The number of carbonyl (C=O) groups is 4. The van der Waals surface area contributed by atoms with Crippen molar-refractivity contribution in [3.63, 3.8) is 0 Å². The second-order valence-corrected chi connectivity index (χ2v) is 10.0. The highest BCUT2D eigenvalue weighted by Crippen LogP contribution is 2.14. The molecule has 0 radical (unpaired) electrons. The Hall–Kier alpha value is -3.92. The molecule has 5 unspecified atom stereocenters. The summed E-state index contributed by atoms with van der Waals surface area (Å²) in [6.07, 6.45) is 2.30. The first kappa shape index (κ1) is 29.6. The van der Waals surface area contributed by atoms with E-state index in [-0.39, 0.29) is 36.5 Å². The molecule has 5 atom stereocenters. The summed E-state index contributed by atoms with van der Waals surface area (Å²) in [5.41, 5.74) is 1.40. The fourth-order valence-corrected chi connectivity index (χ4v) is 4.52. The number of hydrogen-bond acceptors (Lipinski definition) is 6. The minimum absolute atomic E-state index is 0.0534. The molecule has 0 aliphatic carbocycles. The van der Waals surface area contributed by atoms with Crippen LogP contribution in [-0.4, -0.2) is 64.6 Å². The number of benzene rings is 2. The first-order chi connectivity index (χ1) is 18.7. The van der Waals surface area contributed by atoms with Crippen molar-refractivity contribution in [1.82, 2.24) is 21.3 Å².